The fourth-order valence-corrected chi connectivity index (χ4v) is 2.51. The van der Waals surface area contributed by atoms with Crippen molar-refractivity contribution >= 4 is 11.3 Å². The number of fused-ring (bicyclic) bond motifs is 1. The van der Waals surface area contributed by atoms with Crippen molar-refractivity contribution in [3.8, 4) is 0 Å². The standard InChI is InChI=1S/C13H16N2/c1-2-11(10-4-7-14-8-5-10)12-6-9-15-13(12)3-1/h1-4,14-15H,5-9H2. The topological polar surface area (TPSA) is 24.1 Å². The Bertz CT molecular complexity index is 407. The van der Waals surface area contributed by atoms with Gasteiger partial charge in [0.2, 0.25) is 0 Å². The number of anilines is 1. The first kappa shape index (κ1) is 8.98. The lowest BCUT2D eigenvalue weighted by Crippen LogP contribution is -2.20. The van der Waals surface area contributed by atoms with Crippen molar-refractivity contribution in [2.75, 3.05) is 25.0 Å². The van der Waals surface area contributed by atoms with E-state index in [1.165, 1.54) is 28.8 Å². The average Bonchev–Trinajstić information content (AvgIpc) is 2.78. The predicted octanol–water partition coefficient (Wildman–Crippen LogP) is 2.03. The maximum atomic E-state index is 3.44. The summed E-state index contributed by atoms with van der Waals surface area (Å²) in [6, 6.07) is 6.62. The van der Waals surface area contributed by atoms with E-state index < -0.39 is 0 Å². The van der Waals surface area contributed by atoms with Crippen molar-refractivity contribution in [1.29, 1.82) is 0 Å². The number of hydrogen-bond donors (Lipinski definition) is 2. The maximum Gasteiger partial charge on any atom is 0.0379 e. The molecule has 0 spiro atoms. The van der Waals surface area contributed by atoms with Crippen LogP contribution in [0.5, 0.6) is 0 Å². The molecule has 3 rings (SSSR count). The van der Waals surface area contributed by atoms with Gasteiger partial charge in [-0.15, -0.1) is 0 Å². The Kier molecular flexibility index (Phi) is 2.22. The zero-order chi connectivity index (χ0) is 10.1. The quantitative estimate of drug-likeness (QED) is 0.725. The third-order valence-corrected chi connectivity index (χ3v) is 3.28. The molecule has 2 heterocycles. The van der Waals surface area contributed by atoms with Crippen molar-refractivity contribution in [1.82, 2.24) is 5.32 Å². The van der Waals surface area contributed by atoms with Gasteiger partial charge < -0.3 is 10.6 Å². The van der Waals surface area contributed by atoms with Crippen LogP contribution in [-0.4, -0.2) is 19.6 Å². The molecule has 2 heteroatoms. The average molecular weight is 200 g/mol. The summed E-state index contributed by atoms with van der Waals surface area (Å²) in [6.45, 7) is 3.23. The second-order valence-electron chi connectivity index (χ2n) is 4.19. The number of rotatable bonds is 1. The molecule has 0 fully saturated rings. The number of benzene rings is 1. The molecular formula is C13H16N2. The van der Waals surface area contributed by atoms with E-state index in [4.69, 9.17) is 0 Å². The van der Waals surface area contributed by atoms with Crippen molar-refractivity contribution < 1.29 is 0 Å². The summed E-state index contributed by atoms with van der Waals surface area (Å²) in [4.78, 5) is 0. The Morgan fingerprint density at radius 3 is 2.93 bits per heavy atom. The SMILES string of the molecule is C1=C(c2cccc3c2CCN3)CCNC1. The maximum absolute atomic E-state index is 3.44. The lowest BCUT2D eigenvalue weighted by atomic mass is 9.94. The van der Waals surface area contributed by atoms with Crippen molar-refractivity contribution in [3.05, 3.63) is 35.4 Å². The van der Waals surface area contributed by atoms with E-state index in [0.29, 0.717) is 0 Å². The van der Waals surface area contributed by atoms with Gasteiger partial charge in [-0.1, -0.05) is 18.2 Å². The Labute approximate surface area is 90.4 Å². The second-order valence-corrected chi connectivity index (χ2v) is 4.19. The molecule has 0 bridgehead atoms. The molecule has 0 unspecified atom stereocenters. The van der Waals surface area contributed by atoms with Gasteiger partial charge in [0.1, 0.15) is 0 Å². The van der Waals surface area contributed by atoms with E-state index in [1.807, 2.05) is 0 Å². The molecule has 0 amide bonds. The minimum absolute atomic E-state index is 1.02. The summed E-state index contributed by atoms with van der Waals surface area (Å²) in [6.07, 6.45) is 4.67. The molecule has 2 nitrogen and oxygen atoms in total. The molecule has 2 aliphatic rings. The summed E-state index contributed by atoms with van der Waals surface area (Å²) in [5.74, 6) is 0. The molecule has 1 aromatic rings. The Morgan fingerprint density at radius 2 is 2.07 bits per heavy atom. The molecule has 0 saturated carbocycles. The largest absolute Gasteiger partial charge is 0.384 e. The van der Waals surface area contributed by atoms with E-state index in [0.717, 1.165) is 26.1 Å². The molecule has 2 N–H and O–H groups in total. The Hall–Kier alpha value is -1.28. The highest BCUT2D eigenvalue weighted by molar-refractivity contribution is 5.75. The van der Waals surface area contributed by atoms with Crippen LogP contribution in [0.3, 0.4) is 0 Å². The zero-order valence-electron chi connectivity index (χ0n) is 8.84. The predicted molar refractivity (Wildman–Crippen MR) is 64.1 cm³/mol. The molecular weight excluding hydrogens is 184 g/mol. The van der Waals surface area contributed by atoms with E-state index in [1.54, 1.807) is 0 Å². The summed E-state index contributed by atoms with van der Waals surface area (Å²) in [5, 5.41) is 6.80. The van der Waals surface area contributed by atoms with Crippen LogP contribution in [-0.2, 0) is 6.42 Å². The fraction of sp³-hybridized carbons (Fsp3) is 0.385. The van der Waals surface area contributed by atoms with Gasteiger partial charge in [0.25, 0.3) is 0 Å². The highest BCUT2D eigenvalue weighted by atomic mass is 14.9. The first-order chi connectivity index (χ1) is 7.45. The lowest BCUT2D eigenvalue weighted by molar-refractivity contribution is 0.738. The van der Waals surface area contributed by atoms with Crippen molar-refractivity contribution in [2.45, 2.75) is 12.8 Å². The second kappa shape index (κ2) is 3.70. The number of nitrogens with one attached hydrogen (secondary N) is 2. The molecule has 0 aliphatic carbocycles. The monoisotopic (exact) mass is 200 g/mol. The van der Waals surface area contributed by atoms with Crippen LogP contribution in [0.4, 0.5) is 5.69 Å². The van der Waals surface area contributed by atoms with Gasteiger partial charge in [-0.25, -0.2) is 0 Å². The molecule has 0 aromatic heterocycles. The highest BCUT2D eigenvalue weighted by Gasteiger charge is 2.16. The van der Waals surface area contributed by atoms with E-state index in [2.05, 4.69) is 34.9 Å². The van der Waals surface area contributed by atoms with Crippen molar-refractivity contribution in [3.63, 3.8) is 0 Å². The zero-order valence-corrected chi connectivity index (χ0v) is 8.84. The summed E-state index contributed by atoms with van der Waals surface area (Å²) in [7, 11) is 0. The van der Waals surface area contributed by atoms with Crippen LogP contribution in [0.15, 0.2) is 24.3 Å². The van der Waals surface area contributed by atoms with Crippen LogP contribution < -0.4 is 10.6 Å². The normalized spacial score (nSPS) is 19.3. The Balaban J connectivity index is 2.04. The Morgan fingerprint density at radius 1 is 1.07 bits per heavy atom. The van der Waals surface area contributed by atoms with Crippen LogP contribution in [0.25, 0.3) is 5.57 Å². The third kappa shape index (κ3) is 1.55. The van der Waals surface area contributed by atoms with Crippen molar-refractivity contribution in [2.24, 2.45) is 0 Å². The summed E-state index contributed by atoms with van der Waals surface area (Å²) < 4.78 is 0. The molecule has 2 aliphatic heterocycles. The van der Waals surface area contributed by atoms with Gasteiger partial charge in [0, 0.05) is 18.8 Å². The minimum Gasteiger partial charge on any atom is -0.384 e. The van der Waals surface area contributed by atoms with E-state index in [-0.39, 0.29) is 0 Å². The third-order valence-electron chi connectivity index (χ3n) is 3.28. The van der Waals surface area contributed by atoms with Gasteiger partial charge >= 0.3 is 0 Å². The minimum atomic E-state index is 1.02. The molecule has 0 atom stereocenters. The van der Waals surface area contributed by atoms with Crippen LogP contribution in [0, 0.1) is 0 Å². The van der Waals surface area contributed by atoms with Gasteiger partial charge in [-0.3, -0.25) is 0 Å². The number of hydrogen-bond acceptors (Lipinski definition) is 2. The summed E-state index contributed by atoms with van der Waals surface area (Å²) in [5.41, 5.74) is 5.85. The van der Waals surface area contributed by atoms with Gasteiger partial charge in [-0.2, -0.15) is 0 Å². The first-order valence-electron chi connectivity index (χ1n) is 5.71. The van der Waals surface area contributed by atoms with E-state index >= 15 is 0 Å². The highest BCUT2D eigenvalue weighted by Crippen LogP contribution is 2.31. The summed E-state index contributed by atoms with van der Waals surface area (Å²) >= 11 is 0. The first-order valence-corrected chi connectivity index (χ1v) is 5.71. The molecule has 0 saturated heterocycles. The molecule has 78 valence electrons. The molecule has 1 aromatic carbocycles. The van der Waals surface area contributed by atoms with Gasteiger partial charge in [-0.05, 0) is 42.2 Å². The lowest BCUT2D eigenvalue weighted by Gasteiger charge is -2.16. The van der Waals surface area contributed by atoms with Crippen LogP contribution in [0.1, 0.15) is 17.5 Å². The fourth-order valence-electron chi connectivity index (χ4n) is 2.51. The smallest absolute Gasteiger partial charge is 0.0379 e. The van der Waals surface area contributed by atoms with Crippen LogP contribution in [0.2, 0.25) is 0 Å². The molecule has 15 heavy (non-hydrogen) atoms. The van der Waals surface area contributed by atoms with Gasteiger partial charge in [0.15, 0.2) is 0 Å². The van der Waals surface area contributed by atoms with E-state index in [9.17, 15) is 0 Å². The van der Waals surface area contributed by atoms with Gasteiger partial charge in [0.05, 0.1) is 0 Å². The van der Waals surface area contributed by atoms with Crippen LogP contribution >= 0.6 is 0 Å². The molecule has 0 radical (unpaired) electrons.